The molecule has 1 aliphatic heterocycles. The van der Waals surface area contributed by atoms with E-state index in [0.29, 0.717) is 5.76 Å². The minimum Gasteiger partial charge on any atom is -0.459 e. The lowest BCUT2D eigenvalue weighted by molar-refractivity contribution is 0.0398. The summed E-state index contributed by atoms with van der Waals surface area (Å²) < 4.78 is 10.4. The van der Waals surface area contributed by atoms with E-state index in [0.717, 1.165) is 50.8 Å². The van der Waals surface area contributed by atoms with Crippen molar-refractivity contribution in [2.45, 2.75) is 0 Å². The van der Waals surface area contributed by atoms with Gasteiger partial charge < -0.3 is 19.8 Å². The number of ether oxygens (including phenoxy) is 1. The highest BCUT2D eigenvalue weighted by Gasteiger charge is 2.10. The number of carbonyl (C=O) groups excluding carboxylic acids is 1. The monoisotopic (exact) mass is 315 g/mol. The van der Waals surface area contributed by atoms with Crippen molar-refractivity contribution in [3.8, 4) is 0 Å². The standard InChI is InChI=1S/C17H21N3O3/c21-17(16-2-1-11-23-16)19-15-5-3-14(4-6-15)18-7-8-20-9-12-22-13-10-20/h1-6,11,18H,7-10,12-13H2,(H,19,21). The van der Waals surface area contributed by atoms with E-state index >= 15 is 0 Å². The first-order valence-electron chi connectivity index (χ1n) is 7.80. The van der Waals surface area contributed by atoms with E-state index in [1.54, 1.807) is 12.1 Å². The molecule has 3 rings (SSSR count). The zero-order valence-corrected chi connectivity index (χ0v) is 13.0. The number of nitrogens with one attached hydrogen (secondary N) is 2. The summed E-state index contributed by atoms with van der Waals surface area (Å²) in [5.74, 6) is 0.0562. The molecule has 2 aromatic rings. The highest BCUT2D eigenvalue weighted by molar-refractivity contribution is 6.02. The van der Waals surface area contributed by atoms with Crippen LogP contribution in [-0.4, -0.2) is 50.2 Å². The number of anilines is 2. The second kappa shape index (κ2) is 7.80. The number of hydrogen-bond donors (Lipinski definition) is 2. The molecule has 0 spiro atoms. The van der Waals surface area contributed by atoms with Crippen LogP contribution < -0.4 is 10.6 Å². The number of nitrogens with zero attached hydrogens (tertiary/aromatic N) is 1. The number of furan rings is 1. The molecule has 2 heterocycles. The van der Waals surface area contributed by atoms with Crippen molar-refractivity contribution >= 4 is 17.3 Å². The predicted octanol–water partition coefficient (Wildman–Crippen LogP) is 2.28. The van der Waals surface area contributed by atoms with Crippen LogP contribution in [0, 0.1) is 0 Å². The van der Waals surface area contributed by atoms with Crippen LogP contribution >= 0.6 is 0 Å². The molecule has 1 saturated heterocycles. The third-order valence-electron chi connectivity index (χ3n) is 3.75. The van der Waals surface area contributed by atoms with E-state index in [9.17, 15) is 4.79 Å². The Kier molecular flexibility index (Phi) is 5.29. The van der Waals surface area contributed by atoms with Gasteiger partial charge in [0.05, 0.1) is 19.5 Å². The normalized spacial score (nSPS) is 15.3. The second-order valence-corrected chi connectivity index (χ2v) is 5.39. The first-order valence-corrected chi connectivity index (χ1v) is 7.80. The Morgan fingerprint density at radius 3 is 2.52 bits per heavy atom. The maximum absolute atomic E-state index is 11.9. The first kappa shape index (κ1) is 15.6. The molecular formula is C17H21N3O3. The van der Waals surface area contributed by atoms with E-state index in [1.165, 1.54) is 6.26 Å². The fourth-order valence-electron chi connectivity index (χ4n) is 2.45. The van der Waals surface area contributed by atoms with Crippen LogP contribution in [0.2, 0.25) is 0 Å². The smallest absolute Gasteiger partial charge is 0.291 e. The highest BCUT2D eigenvalue weighted by Crippen LogP contribution is 2.14. The Morgan fingerprint density at radius 1 is 1.09 bits per heavy atom. The van der Waals surface area contributed by atoms with Crippen LogP contribution in [0.15, 0.2) is 47.1 Å². The summed E-state index contributed by atoms with van der Waals surface area (Å²) in [5.41, 5.74) is 1.78. The van der Waals surface area contributed by atoms with E-state index < -0.39 is 0 Å². The molecule has 1 fully saturated rings. The van der Waals surface area contributed by atoms with Gasteiger partial charge in [-0.3, -0.25) is 9.69 Å². The van der Waals surface area contributed by atoms with E-state index in [4.69, 9.17) is 9.15 Å². The third-order valence-corrected chi connectivity index (χ3v) is 3.75. The molecule has 0 radical (unpaired) electrons. The molecule has 6 heteroatoms. The van der Waals surface area contributed by atoms with Gasteiger partial charge in [-0.15, -0.1) is 0 Å². The molecule has 0 unspecified atom stereocenters. The summed E-state index contributed by atoms with van der Waals surface area (Å²) in [5, 5.41) is 6.18. The Hall–Kier alpha value is -2.31. The number of amides is 1. The van der Waals surface area contributed by atoms with Gasteiger partial charge >= 0.3 is 0 Å². The van der Waals surface area contributed by atoms with Crippen molar-refractivity contribution in [2.75, 3.05) is 50.0 Å². The summed E-state index contributed by atoms with van der Waals surface area (Å²) in [6, 6.07) is 11.0. The molecule has 1 amide bonds. The molecule has 23 heavy (non-hydrogen) atoms. The van der Waals surface area contributed by atoms with Crippen molar-refractivity contribution < 1.29 is 13.9 Å². The number of morpholine rings is 1. The maximum Gasteiger partial charge on any atom is 0.291 e. The molecular weight excluding hydrogens is 294 g/mol. The van der Waals surface area contributed by atoms with Crippen LogP contribution in [0.25, 0.3) is 0 Å². The van der Waals surface area contributed by atoms with Gasteiger partial charge in [0, 0.05) is 37.6 Å². The lowest BCUT2D eigenvalue weighted by atomic mass is 10.2. The summed E-state index contributed by atoms with van der Waals surface area (Å²) in [7, 11) is 0. The average molecular weight is 315 g/mol. The Balaban J connectivity index is 1.44. The Labute approximate surface area is 135 Å². The average Bonchev–Trinajstić information content (AvgIpc) is 3.12. The lowest BCUT2D eigenvalue weighted by Gasteiger charge is -2.26. The summed E-state index contributed by atoms with van der Waals surface area (Å²) in [6.07, 6.45) is 1.48. The topological polar surface area (TPSA) is 66.7 Å². The Morgan fingerprint density at radius 2 is 1.83 bits per heavy atom. The van der Waals surface area contributed by atoms with Crippen molar-refractivity contribution in [1.29, 1.82) is 0 Å². The van der Waals surface area contributed by atoms with Crippen molar-refractivity contribution in [1.82, 2.24) is 4.90 Å². The van der Waals surface area contributed by atoms with Gasteiger partial charge in [-0.05, 0) is 36.4 Å². The number of benzene rings is 1. The van der Waals surface area contributed by atoms with Crippen LogP contribution in [0.4, 0.5) is 11.4 Å². The number of carbonyl (C=O) groups is 1. The molecule has 0 aliphatic carbocycles. The molecule has 2 N–H and O–H groups in total. The number of hydrogen-bond acceptors (Lipinski definition) is 5. The second-order valence-electron chi connectivity index (χ2n) is 5.39. The van der Waals surface area contributed by atoms with E-state index in [2.05, 4.69) is 15.5 Å². The van der Waals surface area contributed by atoms with Crippen LogP contribution in [-0.2, 0) is 4.74 Å². The Bertz CT molecular complexity index is 605. The van der Waals surface area contributed by atoms with Gasteiger partial charge in [-0.1, -0.05) is 0 Å². The zero-order chi connectivity index (χ0) is 15.9. The fourth-order valence-corrected chi connectivity index (χ4v) is 2.45. The van der Waals surface area contributed by atoms with Gasteiger partial charge in [-0.25, -0.2) is 0 Å². The molecule has 1 aromatic heterocycles. The molecule has 6 nitrogen and oxygen atoms in total. The van der Waals surface area contributed by atoms with E-state index in [1.807, 2.05) is 24.3 Å². The predicted molar refractivity (Wildman–Crippen MR) is 88.9 cm³/mol. The molecule has 0 atom stereocenters. The molecule has 122 valence electrons. The fraction of sp³-hybridized carbons (Fsp3) is 0.353. The molecule has 0 saturated carbocycles. The van der Waals surface area contributed by atoms with Gasteiger partial charge in [0.1, 0.15) is 0 Å². The van der Waals surface area contributed by atoms with Gasteiger partial charge in [0.2, 0.25) is 0 Å². The largest absolute Gasteiger partial charge is 0.459 e. The molecule has 1 aliphatic rings. The molecule has 0 bridgehead atoms. The van der Waals surface area contributed by atoms with Crippen molar-refractivity contribution in [3.63, 3.8) is 0 Å². The van der Waals surface area contributed by atoms with E-state index in [-0.39, 0.29) is 5.91 Å². The minimum absolute atomic E-state index is 0.247. The maximum atomic E-state index is 11.9. The third kappa shape index (κ3) is 4.58. The van der Waals surface area contributed by atoms with Crippen molar-refractivity contribution in [3.05, 3.63) is 48.4 Å². The lowest BCUT2D eigenvalue weighted by Crippen LogP contribution is -2.38. The number of rotatable bonds is 6. The van der Waals surface area contributed by atoms with Crippen LogP contribution in [0.1, 0.15) is 10.6 Å². The first-order chi connectivity index (χ1) is 11.3. The van der Waals surface area contributed by atoms with Crippen molar-refractivity contribution in [2.24, 2.45) is 0 Å². The quantitative estimate of drug-likeness (QED) is 0.856. The van der Waals surface area contributed by atoms with Gasteiger partial charge in [-0.2, -0.15) is 0 Å². The molecule has 1 aromatic carbocycles. The highest BCUT2D eigenvalue weighted by atomic mass is 16.5. The van der Waals surface area contributed by atoms with Gasteiger partial charge in [0.15, 0.2) is 5.76 Å². The summed E-state index contributed by atoms with van der Waals surface area (Å²) in [4.78, 5) is 14.3. The summed E-state index contributed by atoms with van der Waals surface area (Å²) in [6.45, 7) is 5.53. The summed E-state index contributed by atoms with van der Waals surface area (Å²) >= 11 is 0. The van der Waals surface area contributed by atoms with Crippen LogP contribution in [0.5, 0.6) is 0 Å². The minimum atomic E-state index is -0.247. The van der Waals surface area contributed by atoms with Crippen LogP contribution in [0.3, 0.4) is 0 Å². The van der Waals surface area contributed by atoms with Gasteiger partial charge in [0.25, 0.3) is 5.91 Å². The zero-order valence-electron chi connectivity index (χ0n) is 13.0. The SMILES string of the molecule is O=C(Nc1ccc(NCCN2CCOCC2)cc1)c1ccco1.